The first-order valence-corrected chi connectivity index (χ1v) is 8.06. The number of piperidine rings is 1. The van der Waals surface area contributed by atoms with Crippen LogP contribution < -0.4 is 5.32 Å². The number of nitrogens with one attached hydrogen (secondary N) is 1. The zero-order valence-corrected chi connectivity index (χ0v) is 13.2. The third-order valence-electron chi connectivity index (χ3n) is 4.77. The van der Waals surface area contributed by atoms with Crippen LogP contribution in [-0.4, -0.2) is 33.0 Å². The minimum atomic E-state index is 0.230. The maximum Gasteiger partial charge on any atom is 0.125 e. The van der Waals surface area contributed by atoms with Gasteiger partial charge in [0, 0.05) is 24.2 Å². The average Bonchev–Trinajstić information content (AvgIpc) is 2.93. The second-order valence-corrected chi connectivity index (χ2v) is 6.17. The third kappa shape index (κ3) is 2.47. The van der Waals surface area contributed by atoms with Gasteiger partial charge in [-0.25, -0.2) is 0 Å². The first kappa shape index (κ1) is 14.2. The summed E-state index contributed by atoms with van der Waals surface area (Å²) < 4.78 is 2.23. The summed E-state index contributed by atoms with van der Waals surface area (Å²) in [7, 11) is 2.09. The smallest absolute Gasteiger partial charge is 0.125 e. The Morgan fingerprint density at radius 1 is 1.13 bits per heavy atom. The fraction of sp³-hybridized carbons (Fsp3) is 0.333. The van der Waals surface area contributed by atoms with Gasteiger partial charge in [0.2, 0.25) is 0 Å². The van der Waals surface area contributed by atoms with Crippen LogP contribution in [0.3, 0.4) is 0 Å². The monoisotopic (exact) mass is 308 g/mol. The SMILES string of the molecule is Cn1c(C2CCNCC2)cc2nnc(-c3ccccc3O)cc21. The minimum absolute atomic E-state index is 0.230. The van der Waals surface area contributed by atoms with Crippen molar-refractivity contribution in [3.05, 3.63) is 42.1 Å². The molecule has 1 aliphatic heterocycles. The number of fused-ring (bicyclic) bond motifs is 1. The number of aromatic nitrogens is 3. The molecule has 0 radical (unpaired) electrons. The highest BCUT2D eigenvalue weighted by atomic mass is 16.3. The highest BCUT2D eigenvalue weighted by Gasteiger charge is 2.20. The lowest BCUT2D eigenvalue weighted by Gasteiger charge is -2.23. The van der Waals surface area contributed by atoms with E-state index in [1.165, 1.54) is 5.69 Å². The molecular weight excluding hydrogens is 288 g/mol. The molecule has 1 fully saturated rings. The molecule has 0 spiro atoms. The molecule has 0 unspecified atom stereocenters. The summed E-state index contributed by atoms with van der Waals surface area (Å²) in [4.78, 5) is 0. The number of nitrogens with zero attached hydrogens (tertiary/aromatic N) is 3. The van der Waals surface area contributed by atoms with Crippen molar-refractivity contribution in [2.24, 2.45) is 7.05 Å². The van der Waals surface area contributed by atoms with E-state index in [1.807, 2.05) is 24.3 Å². The van der Waals surface area contributed by atoms with Crippen LogP contribution in [0.15, 0.2) is 36.4 Å². The predicted octanol–water partition coefficient (Wildman–Crippen LogP) is 2.81. The van der Waals surface area contributed by atoms with Gasteiger partial charge < -0.3 is 15.0 Å². The topological polar surface area (TPSA) is 63.0 Å². The number of rotatable bonds is 2. The molecule has 2 aromatic heterocycles. The van der Waals surface area contributed by atoms with Gasteiger partial charge in [-0.15, -0.1) is 10.2 Å². The van der Waals surface area contributed by atoms with Gasteiger partial charge >= 0.3 is 0 Å². The highest BCUT2D eigenvalue weighted by molar-refractivity contribution is 5.81. The van der Waals surface area contributed by atoms with E-state index in [-0.39, 0.29) is 5.75 Å². The van der Waals surface area contributed by atoms with Crippen molar-refractivity contribution >= 4 is 11.0 Å². The number of hydrogen-bond donors (Lipinski definition) is 2. The molecule has 1 aliphatic rings. The normalized spacial score (nSPS) is 16.0. The van der Waals surface area contributed by atoms with Crippen molar-refractivity contribution in [3.63, 3.8) is 0 Å². The summed E-state index contributed by atoms with van der Waals surface area (Å²) in [6.45, 7) is 2.14. The van der Waals surface area contributed by atoms with E-state index in [4.69, 9.17) is 0 Å². The number of para-hydroxylation sites is 1. The third-order valence-corrected chi connectivity index (χ3v) is 4.77. The molecule has 1 saturated heterocycles. The first-order valence-electron chi connectivity index (χ1n) is 8.06. The Kier molecular flexibility index (Phi) is 3.50. The quantitative estimate of drug-likeness (QED) is 0.764. The van der Waals surface area contributed by atoms with Crippen LogP contribution in [-0.2, 0) is 7.05 Å². The fourth-order valence-corrected chi connectivity index (χ4v) is 3.47. The number of phenolic OH excluding ortho intramolecular Hbond substituents is 1. The minimum Gasteiger partial charge on any atom is -0.507 e. The van der Waals surface area contributed by atoms with Crippen molar-refractivity contribution < 1.29 is 5.11 Å². The molecule has 1 aromatic carbocycles. The standard InChI is InChI=1S/C18H20N4O/c1-22-16(12-6-8-19-9-7-12)11-15-17(22)10-14(20-21-15)13-4-2-3-5-18(13)23/h2-5,10-12,19,23H,6-9H2,1H3. The molecule has 0 amide bonds. The van der Waals surface area contributed by atoms with Crippen LogP contribution in [0, 0.1) is 0 Å². The molecule has 2 N–H and O–H groups in total. The van der Waals surface area contributed by atoms with Gasteiger partial charge in [-0.05, 0) is 50.2 Å². The van der Waals surface area contributed by atoms with E-state index in [1.54, 1.807) is 6.07 Å². The summed E-state index contributed by atoms with van der Waals surface area (Å²) in [5, 5.41) is 22.1. The van der Waals surface area contributed by atoms with Gasteiger partial charge in [0.15, 0.2) is 0 Å². The predicted molar refractivity (Wildman–Crippen MR) is 90.5 cm³/mol. The Bertz CT molecular complexity index is 849. The number of aromatic hydroxyl groups is 1. The van der Waals surface area contributed by atoms with Crippen LogP contribution in [0.5, 0.6) is 5.75 Å². The van der Waals surface area contributed by atoms with Gasteiger partial charge in [0.05, 0.1) is 11.2 Å². The number of hydrogen-bond acceptors (Lipinski definition) is 4. The summed E-state index contributed by atoms with van der Waals surface area (Å²) >= 11 is 0. The van der Waals surface area contributed by atoms with Crippen LogP contribution in [0.2, 0.25) is 0 Å². The van der Waals surface area contributed by atoms with Crippen molar-refractivity contribution in [2.45, 2.75) is 18.8 Å². The van der Waals surface area contributed by atoms with E-state index in [0.717, 1.165) is 37.0 Å². The maximum absolute atomic E-state index is 10.0. The number of phenols is 1. The van der Waals surface area contributed by atoms with Crippen LogP contribution in [0.4, 0.5) is 0 Å². The van der Waals surface area contributed by atoms with E-state index >= 15 is 0 Å². The van der Waals surface area contributed by atoms with Crippen molar-refractivity contribution in [2.75, 3.05) is 13.1 Å². The molecule has 5 heteroatoms. The first-order chi connectivity index (χ1) is 11.2. The molecule has 118 valence electrons. The molecule has 4 rings (SSSR count). The van der Waals surface area contributed by atoms with Crippen LogP contribution in [0.1, 0.15) is 24.5 Å². The van der Waals surface area contributed by atoms with Crippen LogP contribution in [0.25, 0.3) is 22.3 Å². The van der Waals surface area contributed by atoms with Gasteiger partial charge in [-0.1, -0.05) is 12.1 Å². The maximum atomic E-state index is 10.0. The van der Waals surface area contributed by atoms with E-state index in [9.17, 15) is 5.11 Å². The summed E-state index contributed by atoms with van der Waals surface area (Å²) in [5.74, 6) is 0.804. The lowest BCUT2D eigenvalue weighted by atomic mass is 9.95. The molecule has 3 heterocycles. The molecular formula is C18H20N4O. The summed E-state index contributed by atoms with van der Waals surface area (Å²) in [6.07, 6.45) is 2.31. The highest BCUT2D eigenvalue weighted by Crippen LogP contribution is 2.32. The molecule has 5 nitrogen and oxygen atoms in total. The Morgan fingerprint density at radius 2 is 1.91 bits per heavy atom. The summed E-state index contributed by atoms with van der Waals surface area (Å²) in [5.41, 5.74) is 4.72. The van der Waals surface area contributed by atoms with E-state index < -0.39 is 0 Å². The Hall–Kier alpha value is -2.40. The number of aryl methyl sites for hydroxylation is 1. The van der Waals surface area contributed by atoms with Crippen molar-refractivity contribution in [1.82, 2.24) is 20.1 Å². The molecule has 0 aliphatic carbocycles. The number of benzene rings is 1. The second-order valence-electron chi connectivity index (χ2n) is 6.17. The van der Waals surface area contributed by atoms with Crippen molar-refractivity contribution in [3.8, 4) is 17.0 Å². The zero-order valence-electron chi connectivity index (χ0n) is 13.2. The summed E-state index contributed by atoms with van der Waals surface area (Å²) in [6, 6.07) is 11.4. The Morgan fingerprint density at radius 3 is 2.70 bits per heavy atom. The molecule has 0 saturated carbocycles. The van der Waals surface area contributed by atoms with Gasteiger partial charge in [0.1, 0.15) is 11.3 Å². The Labute approximate surface area is 135 Å². The van der Waals surface area contributed by atoms with Gasteiger partial charge in [-0.3, -0.25) is 0 Å². The molecule has 0 bridgehead atoms. The largest absolute Gasteiger partial charge is 0.507 e. The van der Waals surface area contributed by atoms with Gasteiger partial charge in [0.25, 0.3) is 0 Å². The molecule has 0 atom stereocenters. The lowest BCUT2D eigenvalue weighted by Crippen LogP contribution is -2.27. The van der Waals surface area contributed by atoms with Gasteiger partial charge in [-0.2, -0.15) is 0 Å². The lowest BCUT2D eigenvalue weighted by molar-refractivity contribution is 0.446. The van der Waals surface area contributed by atoms with Crippen LogP contribution >= 0.6 is 0 Å². The molecule has 23 heavy (non-hydrogen) atoms. The average molecular weight is 308 g/mol. The van der Waals surface area contributed by atoms with E-state index in [0.29, 0.717) is 17.2 Å². The fourth-order valence-electron chi connectivity index (χ4n) is 3.47. The van der Waals surface area contributed by atoms with Crippen molar-refractivity contribution in [1.29, 1.82) is 0 Å². The Balaban J connectivity index is 1.80. The second kappa shape index (κ2) is 5.66. The van der Waals surface area contributed by atoms with E-state index in [2.05, 4.69) is 33.2 Å². The zero-order chi connectivity index (χ0) is 15.8. The molecule has 3 aromatic rings.